The zero-order valence-electron chi connectivity index (χ0n) is 11.4. The van der Waals surface area contributed by atoms with Gasteiger partial charge in [0.25, 0.3) is 0 Å². The minimum Gasteiger partial charge on any atom is -0.480 e. The zero-order chi connectivity index (χ0) is 14.1. The number of piperidine rings is 1. The molecule has 3 unspecified atom stereocenters. The first-order chi connectivity index (χ1) is 9.65. The molecule has 0 amide bonds. The van der Waals surface area contributed by atoms with Gasteiger partial charge in [0, 0.05) is 17.5 Å². The first-order valence-electron chi connectivity index (χ1n) is 7.38. The number of likely N-dealkylation sites (tertiary alicyclic amines) is 1. The first-order valence-corrected chi connectivity index (χ1v) is 8.57. The van der Waals surface area contributed by atoms with Crippen LogP contribution in [0.2, 0.25) is 4.34 Å². The molecular weight excluding hydrogens is 294 g/mol. The fourth-order valence-electron chi connectivity index (χ4n) is 3.84. The first kappa shape index (κ1) is 14.4. The Hall–Kier alpha value is -0.580. The lowest BCUT2D eigenvalue weighted by Gasteiger charge is -2.47. The van der Waals surface area contributed by atoms with E-state index in [4.69, 9.17) is 11.6 Å². The van der Waals surface area contributed by atoms with Crippen molar-refractivity contribution in [2.24, 2.45) is 5.92 Å². The zero-order valence-corrected chi connectivity index (χ0v) is 13.0. The van der Waals surface area contributed by atoms with Crippen LogP contribution in [0.5, 0.6) is 0 Å². The highest BCUT2D eigenvalue weighted by Gasteiger charge is 2.41. The van der Waals surface area contributed by atoms with Crippen molar-refractivity contribution >= 4 is 28.9 Å². The summed E-state index contributed by atoms with van der Waals surface area (Å²) < 4.78 is 0.782. The van der Waals surface area contributed by atoms with Crippen molar-refractivity contribution < 1.29 is 9.90 Å². The molecule has 1 N–H and O–H groups in total. The van der Waals surface area contributed by atoms with E-state index >= 15 is 0 Å². The smallest absolute Gasteiger partial charge is 0.320 e. The summed E-state index contributed by atoms with van der Waals surface area (Å²) in [6.45, 7) is 0.732. The topological polar surface area (TPSA) is 40.5 Å². The van der Waals surface area contributed by atoms with Gasteiger partial charge in [-0.1, -0.05) is 24.4 Å². The van der Waals surface area contributed by atoms with Gasteiger partial charge in [-0.25, -0.2) is 0 Å². The Kier molecular flexibility index (Phi) is 4.34. The Morgan fingerprint density at radius 1 is 1.30 bits per heavy atom. The van der Waals surface area contributed by atoms with E-state index < -0.39 is 5.97 Å². The van der Waals surface area contributed by atoms with Crippen molar-refractivity contribution in [1.29, 1.82) is 0 Å². The molecule has 2 heterocycles. The molecule has 0 radical (unpaired) electrons. The number of hydrogen-bond donors (Lipinski definition) is 1. The number of carboxylic acids is 1. The van der Waals surface area contributed by atoms with Gasteiger partial charge in [0.2, 0.25) is 0 Å². The highest BCUT2D eigenvalue weighted by atomic mass is 35.5. The molecule has 1 aromatic rings. The number of nitrogens with zero attached hydrogens (tertiary/aromatic N) is 1. The molecule has 0 bridgehead atoms. The summed E-state index contributed by atoms with van der Waals surface area (Å²) in [5.74, 6) is 0.0199. The fourth-order valence-corrected chi connectivity index (χ4v) is 4.94. The Balaban J connectivity index is 1.81. The third kappa shape index (κ3) is 2.87. The highest BCUT2D eigenvalue weighted by molar-refractivity contribution is 7.16. The number of fused-ring (bicyclic) bond motifs is 1. The fraction of sp³-hybridized carbons (Fsp3) is 0.667. The van der Waals surface area contributed by atoms with Crippen LogP contribution < -0.4 is 0 Å². The number of aliphatic carboxylic acids is 1. The highest BCUT2D eigenvalue weighted by Crippen LogP contribution is 2.39. The third-order valence-corrected chi connectivity index (χ3v) is 5.97. The van der Waals surface area contributed by atoms with Crippen LogP contribution in [0.25, 0.3) is 0 Å². The molecule has 5 heteroatoms. The SMILES string of the molecule is O=C(O)C1CCC2CCCCC2N1Cc1ccc(Cl)s1. The van der Waals surface area contributed by atoms with Crippen molar-refractivity contribution in [3.05, 3.63) is 21.3 Å². The molecule has 0 aromatic carbocycles. The molecule has 1 aliphatic heterocycles. The van der Waals surface area contributed by atoms with Crippen molar-refractivity contribution in [3.8, 4) is 0 Å². The maximum absolute atomic E-state index is 11.6. The second-order valence-corrected chi connectivity index (χ2v) is 7.72. The third-order valence-electron chi connectivity index (χ3n) is 4.76. The summed E-state index contributed by atoms with van der Waals surface area (Å²) in [5, 5.41) is 9.52. The van der Waals surface area contributed by atoms with Gasteiger partial charge in [-0.3, -0.25) is 9.69 Å². The quantitative estimate of drug-likeness (QED) is 0.916. The molecular formula is C15H20ClNO2S. The monoisotopic (exact) mass is 313 g/mol. The van der Waals surface area contributed by atoms with Crippen molar-refractivity contribution in [2.75, 3.05) is 0 Å². The van der Waals surface area contributed by atoms with E-state index in [1.165, 1.54) is 24.1 Å². The molecule has 20 heavy (non-hydrogen) atoms. The maximum Gasteiger partial charge on any atom is 0.320 e. The van der Waals surface area contributed by atoms with Crippen molar-refractivity contribution in [3.63, 3.8) is 0 Å². The molecule has 3 atom stereocenters. The van der Waals surface area contributed by atoms with E-state index in [1.807, 2.05) is 12.1 Å². The van der Waals surface area contributed by atoms with Gasteiger partial charge in [0.1, 0.15) is 6.04 Å². The van der Waals surface area contributed by atoms with E-state index in [0.29, 0.717) is 12.0 Å². The molecule has 0 spiro atoms. The van der Waals surface area contributed by atoms with Gasteiger partial charge >= 0.3 is 5.97 Å². The summed E-state index contributed by atoms with van der Waals surface area (Å²) in [4.78, 5) is 15.0. The van der Waals surface area contributed by atoms with E-state index in [1.54, 1.807) is 11.3 Å². The summed E-state index contributed by atoms with van der Waals surface area (Å²) in [5.41, 5.74) is 0. The van der Waals surface area contributed by atoms with Gasteiger partial charge in [-0.05, 0) is 43.7 Å². The summed E-state index contributed by atoms with van der Waals surface area (Å²) in [6, 6.07) is 4.05. The Bertz CT molecular complexity index is 490. The second-order valence-electron chi connectivity index (χ2n) is 5.92. The van der Waals surface area contributed by atoms with Gasteiger partial charge in [0.05, 0.1) is 4.34 Å². The molecule has 3 rings (SSSR count). The number of carboxylic acid groups (broad SMARTS) is 1. The Morgan fingerprint density at radius 2 is 2.10 bits per heavy atom. The summed E-state index contributed by atoms with van der Waals surface area (Å²) >= 11 is 7.56. The largest absolute Gasteiger partial charge is 0.480 e. The van der Waals surface area contributed by atoms with Crippen LogP contribution in [-0.4, -0.2) is 28.1 Å². The van der Waals surface area contributed by atoms with E-state index in [9.17, 15) is 9.90 Å². The van der Waals surface area contributed by atoms with Crippen molar-refractivity contribution in [2.45, 2.75) is 57.2 Å². The lowest BCUT2D eigenvalue weighted by Crippen LogP contribution is -2.54. The average molecular weight is 314 g/mol. The van der Waals surface area contributed by atoms with Gasteiger partial charge in [0.15, 0.2) is 0 Å². The number of halogens is 1. The molecule has 1 saturated carbocycles. The van der Waals surface area contributed by atoms with Crippen LogP contribution in [-0.2, 0) is 11.3 Å². The maximum atomic E-state index is 11.6. The number of rotatable bonds is 3. The molecule has 3 nitrogen and oxygen atoms in total. The number of carbonyl (C=O) groups is 1. The van der Waals surface area contributed by atoms with E-state index in [-0.39, 0.29) is 6.04 Å². The minimum atomic E-state index is -0.670. The lowest BCUT2D eigenvalue weighted by molar-refractivity contribution is -0.148. The molecule has 110 valence electrons. The summed E-state index contributed by atoms with van der Waals surface area (Å²) in [7, 11) is 0. The van der Waals surface area contributed by atoms with E-state index in [2.05, 4.69) is 4.90 Å². The Labute approximate surface area is 128 Å². The van der Waals surface area contributed by atoms with Gasteiger partial charge < -0.3 is 5.11 Å². The molecule has 2 aliphatic rings. The number of thiophene rings is 1. The van der Waals surface area contributed by atoms with E-state index in [0.717, 1.165) is 30.1 Å². The molecule has 1 aliphatic carbocycles. The van der Waals surface area contributed by atoms with Crippen LogP contribution in [0.15, 0.2) is 12.1 Å². The molecule has 2 fully saturated rings. The van der Waals surface area contributed by atoms with Crippen LogP contribution in [0, 0.1) is 5.92 Å². The van der Waals surface area contributed by atoms with Gasteiger partial charge in [-0.2, -0.15) is 0 Å². The normalized spacial score (nSPS) is 30.9. The minimum absolute atomic E-state index is 0.324. The average Bonchev–Trinajstić information content (AvgIpc) is 2.84. The second kappa shape index (κ2) is 6.04. The van der Waals surface area contributed by atoms with Crippen LogP contribution in [0.3, 0.4) is 0 Å². The molecule has 1 saturated heterocycles. The van der Waals surface area contributed by atoms with Gasteiger partial charge in [-0.15, -0.1) is 11.3 Å². The van der Waals surface area contributed by atoms with Crippen LogP contribution in [0.1, 0.15) is 43.4 Å². The number of hydrogen-bond acceptors (Lipinski definition) is 3. The summed E-state index contributed by atoms with van der Waals surface area (Å²) in [6.07, 6.45) is 6.80. The Morgan fingerprint density at radius 3 is 2.80 bits per heavy atom. The van der Waals surface area contributed by atoms with Crippen LogP contribution in [0.4, 0.5) is 0 Å². The standard InChI is InChI=1S/C15H20ClNO2S/c16-14-8-6-11(20-14)9-17-12-4-2-1-3-10(12)5-7-13(17)15(18)19/h6,8,10,12-13H,1-5,7,9H2,(H,18,19). The molecule has 1 aromatic heterocycles. The van der Waals surface area contributed by atoms with Crippen molar-refractivity contribution in [1.82, 2.24) is 4.90 Å². The van der Waals surface area contributed by atoms with Crippen LogP contribution >= 0.6 is 22.9 Å². The predicted molar refractivity (Wildman–Crippen MR) is 81.3 cm³/mol. The lowest BCUT2D eigenvalue weighted by atomic mass is 9.76. The predicted octanol–water partition coefficient (Wildman–Crippen LogP) is 4.01.